The standard InChI is InChI=1S/C13H18N2O2S/c1-2-8-18(16,17)15-13-5-3-4-10-9-11(14)6-7-12(10)13/h2,6-7,9,13,15H,1,3-5,8,14H2. The van der Waals surface area contributed by atoms with E-state index in [1.54, 1.807) is 0 Å². The lowest BCUT2D eigenvalue weighted by molar-refractivity contribution is 0.509. The Kier molecular flexibility index (Phi) is 3.73. The minimum Gasteiger partial charge on any atom is -0.399 e. The molecule has 98 valence electrons. The molecule has 0 spiro atoms. The van der Waals surface area contributed by atoms with Gasteiger partial charge in [0.25, 0.3) is 0 Å². The highest BCUT2D eigenvalue weighted by molar-refractivity contribution is 7.89. The number of nitrogens with one attached hydrogen (secondary N) is 1. The van der Waals surface area contributed by atoms with Gasteiger partial charge in [-0.1, -0.05) is 12.1 Å². The highest BCUT2D eigenvalue weighted by Gasteiger charge is 2.23. The molecule has 0 amide bonds. The molecule has 1 aliphatic carbocycles. The average molecular weight is 266 g/mol. The summed E-state index contributed by atoms with van der Waals surface area (Å²) in [6.45, 7) is 3.46. The molecule has 4 nitrogen and oxygen atoms in total. The number of hydrogen-bond donors (Lipinski definition) is 2. The van der Waals surface area contributed by atoms with E-state index in [1.165, 1.54) is 6.08 Å². The Morgan fingerprint density at radius 2 is 2.28 bits per heavy atom. The first-order valence-electron chi connectivity index (χ1n) is 6.01. The maximum absolute atomic E-state index is 11.8. The van der Waals surface area contributed by atoms with Crippen LogP contribution in [0.25, 0.3) is 0 Å². The number of rotatable bonds is 4. The smallest absolute Gasteiger partial charge is 0.215 e. The molecule has 18 heavy (non-hydrogen) atoms. The first-order valence-corrected chi connectivity index (χ1v) is 7.66. The zero-order valence-electron chi connectivity index (χ0n) is 10.2. The van der Waals surface area contributed by atoms with Crippen LogP contribution >= 0.6 is 0 Å². The van der Waals surface area contributed by atoms with Crippen LogP contribution < -0.4 is 10.5 Å². The summed E-state index contributed by atoms with van der Waals surface area (Å²) in [6.07, 6.45) is 4.15. The molecule has 0 heterocycles. The number of benzene rings is 1. The van der Waals surface area contributed by atoms with Gasteiger partial charge >= 0.3 is 0 Å². The van der Waals surface area contributed by atoms with Gasteiger partial charge in [-0.3, -0.25) is 0 Å². The normalized spacial score (nSPS) is 19.2. The predicted octanol–water partition coefficient (Wildman–Crippen LogP) is 1.75. The number of nitrogens with two attached hydrogens (primary N) is 1. The fraction of sp³-hybridized carbons (Fsp3) is 0.385. The summed E-state index contributed by atoms with van der Waals surface area (Å²) >= 11 is 0. The van der Waals surface area contributed by atoms with E-state index in [0.29, 0.717) is 0 Å². The van der Waals surface area contributed by atoms with Crippen LogP contribution in [0.5, 0.6) is 0 Å². The second-order valence-corrected chi connectivity index (χ2v) is 6.39. The number of fused-ring (bicyclic) bond motifs is 1. The second kappa shape index (κ2) is 5.12. The molecular weight excluding hydrogens is 248 g/mol. The summed E-state index contributed by atoms with van der Waals surface area (Å²) < 4.78 is 26.3. The van der Waals surface area contributed by atoms with E-state index in [9.17, 15) is 8.42 Å². The SMILES string of the molecule is C=CCS(=O)(=O)NC1CCCc2cc(N)ccc21. The molecule has 1 unspecified atom stereocenters. The van der Waals surface area contributed by atoms with Gasteiger partial charge in [0, 0.05) is 11.7 Å². The van der Waals surface area contributed by atoms with Gasteiger partial charge < -0.3 is 5.73 Å². The van der Waals surface area contributed by atoms with Crippen molar-refractivity contribution in [3.63, 3.8) is 0 Å². The molecule has 0 saturated heterocycles. The van der Waals surface area contributed by atoms with Crippen molar-refractivity contribution in [3.8, 4) is 0 Å². The minimum atomic E-state index is -3.28. The lowest BCUT2D eigenvalue weighted by Crippen LogP contribution is -2.32. The lowest BCUT2D eigenvalue weighted by Gasteiger charge is -2.26. The summed E-state index contributed by atoms with van der Waals surface area (Å²) in [5, 5.41) is 0. The van der Waals surface area contributed by atoms with Gasteiger partial charge in [0.05, 0.1) is 5.75 Å². The van der Waals surface area contributed by atoms with Crippen molar-refractivity contribution in [3.05, 3.63) is 42.0 Å². The second-order valence-electron chi connectivity index (χ2n) is 4.59. The molecule has 0 aliphatic heterocycles. The lowest BCUT2D eigenvalue weighted by atomic mass is 9.88. The summed E-state index contributed by atoms with van der Waals surface area (Å²) in [5.74, 6) is -0.0478. The van der Waals surface area contributed by atoms with Crippen LogP contribution in [-0.2, 0) is 16.4 Å². The van der Waals surface area contributed by atoms with E-state index in [1.807, 2.05) is 18.2 Å². The predicted molar refractivity (Wildman–Crippen MR) is 73.7 cm³/mol. The Balaban J connectivity index is 2.25. The molecule has 0 aromatic heterocycles. The van der Waals surface area contributed by atoms with Crippen molar-refractivity contribution < 1.29 is 8.42 Å². The molecule has 1 aliphatic rings. The van der Waals surface area contributed by atoms with Gasteiger partial charge in [0.15, 0.2) is 0 Å². The summed E-state index contributed by atoms with van der Waals surface area (Å²) in [7, 11) is -3.28. The largest absolute Gasteiger partial charge is 0.399 e. The first-order chi connectivity index (χ1) is 8.52. The van der Waals surface area contributed by atoms with Gasteiger partial charge in [-0.25, -0.2) is 13.1 Å². The van der Waals surface area contributed by atoms with E-state index >= 15 is 0 Å². The minimum absolute atomic E-state index is 0.0478. The molecule has 1 atom stereocenters. The molecule has 1 aromatic rings. The van der Waals surface area contributed by atoms with Crippen molar-refractivity contribution in [2.45, 2.75) is 25.3 Å². The van der Waals surface area contributed by atoms with E-state index in [2.05, 4.69) is 11.3 Å². The van der Waals surface area contributed by atoms with Crippen LogP contribution in [0.15, 0.2) is 30.9 Å². The van der Waals surface area contributed by atoms with Gasteiger partial charge in [-0.15, -0.1) is 6.58 Å². The van der Waals surface area contributed by atoms with E-state index in [-0.39, 0.29) is 11.8 Å². The molecule has 0 bridgehead atoms. The quantitative estimate of drug-likeness (QED) is 0.644. The maximum atomic E-state index is 11.8. The van der Waals surface area contributed by atoms with E-state index in [4.69, 9.17) is 5.73 Å². The topological polar surface area (TPSA) is 72.2 Å². The Hall–Kier alpha value is -1.33. The summed E-state index contributed by atoms with van der Waals surface area (Å²) in [6, 6.07) is 5.53. The van der Waals surface area contributed by atoms with Gasteiger partial charge in [-0.05, 0) is 42.5 Å². The first kappa shape index (κ1) is 13.1. The van der Waals surface area contributed by atoms with E-state index < -0.39 is 10.0 Å². The molecule has 1 aromatic carbocycles. The van der Waals surface area contributed by atoms with Crippen LogP contribution in [0.1, 0.15) is 30.0 Å². The highest BCUT2D eigenvalue weighted by Crippen LogP contribution is 2.31. The molecule has 2 rings (SSSR count). The van der Waals surface area contributed by atoms with Crippen LogP contribution in [0.3, 0.4) is 0 Å². The fourth-order valence-corrected chi connectivity index (χ4v) is 3.46. The number of nitrogen functional groups attached to an aromatic ring is 1. The van der Waals surface area contributed by atoms with Crippen LogP contribution in [0.2, 0.25) is 0 Å². The zero-order valence-corrected chi connectivity index (χ0v) is 11.0. The molecule has 3 N–H and O–H groups in total. The third-order valence-electron chi connectivity index (χ3n) is 3.14. The summed E-state index contributed by atoms with van der Waals surface area (Å²) in [5.41, 5.74) is 8.67. The Morgan fingerprint density at radius 3 is 3.00 bits per heavy atom. The Labute approximate surface area is 108 Å². The van der Waals surface area contributed by atoms with Crippen molar-refractivity contribution >= 4 is 15.7 Å². The van der Waals surface area contributed by atoms with Gasteiger partial charge in [-0.2, -0.15) is 0 Å². The number of aryl methyl sites for hydroxylation is 1. The number of hydrogen-bond acceptors (Lipinski definition) is 3. The third kappa shape index (κ3) is 2.91. The Morgan fingerprint density at radius 1 is 1.50 bits per heavy atom. The van der Waals surface area contributed by atoms with Crippen LogP contribution in [0, 0.1) is 0 Å². The fourth-order valence-electron chi connectivity index (χ4n) is 2.38. The molecule has 0 saturated carbocycles. The third-order valence-corrected chi connectivity index (χ3v) is 4.46. The van der Waals surface area contributed by atoms with E-state index in [0.717, 1.165) is 36.1 Å². The molecule has 0 radical (unpaired) electrons. The highest BCUT2D eigenvalue weighted by atomic mass is 32.2. The number of sulfonamides is 1. The molecule has 0 fully saturated rings. The zero-order chi connectivity index (χ0) is 13.2. The van der Waals surface area contributed by atoms with Crippen LogP contribution in [0.4, 0.5) is 5.69 Å². The maximum Gasteiger partial charge on any atom is 0.215 e. The van der Waals surface area contributed by atoms with Gasteiger partial charge in [0.2, 0.25) is 10.0 Å². The van der Waals surface area contributed by atoms with Crippen molar-refractivity contribution in [2.24, 2.45) is 0 Å². The number of anilines is 1. The van der Waals surface area contributed by atoms with Crippen molar-refractivity contribution in [2.75, 3.05) is 11.5 Å². The van der Waals surface area contributed by atoms with Crippen LogP contribution in [-0.4, -0.2) is 14.2 Å². The molecule has 5 heteroatoms. The summed E-state index contributed by atoms with van der Waals surface area (Å²) in [4.78, 5) is 0. The van der Waals surface area contributed by atoms with Crippen molar-refractivity contribution in [1.82, 2.24) is 4.72 Å². The molecular formula is C13H18N2O2S. The average Bonchev–Trinajstić information content (AvgIpc) is 2.28. The monoisotopic (exact) mass is 266 g/mol. The van der Waals surface area contributed by atoms with Gasteiger partial charge in [0.1, 0.15) is 0 Å². The Bertz CT molecular complexity index is 552. The van der Waals surface area contributed by atoms with Crippen molar-refractivity contribution in [1.29, 1.82) is 0 Å².